The smallest absolute Gasteiger partial charge is 0.355 e. The third kappa shape index (κ3) is 2.45. The van der Waals surface area contributed by atoms with E-state index in [0.717, 1.165) is 16.2 Å². The van der Waals surface area contributed by atoms with Gasteiger partial charge in [-0.3, -0.25) is 19.3 Å². The van der Waals surface area contributed by atoms with Crippen LogP contribution < -0.4 is 5.32 Å². The van der Waals surface area contributed by atoms with Crippen LogP contribution in [0.4, 0.5) is 0 Å². The van der Waals surface area contributed by atoms with Crippen LogP contribution in [-0.4, -0.2) is 51.8 Å². The summed E-state index contributed by atoms with van der Waals surface area (Å²) in [5.41, 5.74) is -0.235. The van der Waals surface area contributed by atoms with Crippen molar-refractivity contribution < 1.29 is 24.3 Å². The van der Waals surface area contributed by atoms with E-state index >= 15 is 0 Å². The predicted octanol–water partition coefficient (Wildman–Crippen LogP) is -0.672. The maximum atomic E-state index is 11.8. The number of carbonyl (C=O) groups is 4. The molecule has 100 valence electrons. The monoisotopic (exact) mass is 283 g/mol. The maximum absolute atomic E-state index is 11.8. The fraction of sp³-hybridized carbons (Fsp3) is 0.300. The number of carboxylic acids is 1. The Morgan fingerprint density at radius 2 is 2.21 bits per heavy atom. The summed E-state index contributed by atoms with van der Waals surface area (Å²) in [5, 5.41) is 12.2. The first-order valence-corrected chi connectivity index (χ1v) is 6.08. The van der Waals surface area contributed by atoms with Crippen LogP contribution in [0.1, 0.15) is 26.7 Å². The minimum atomic E-state index is -1.23. The van der Waals surface area contributed by atoms with Gasteiger partial charge in [0.15, 0.2) is 10.7 Å². The number of amides is 3. The number of rotatable bonds is 3. The van der Waals surface area contributed by atoms with Gasteiger partial charge in [0, 0.05) is 12.4 Å². The number of aromatic nitrogens is 1. The number of nitrogens with zero attached hydrogens (tertiary/aromatic N) is 2. The largest absolute Gasteiger partial charge is 0.476 e. The summed E-state index contributed by atoms with van der Waals surface area (Å²) in [6.07, 6.45) is -0.0990. The number of nitrogens with one attached hydrogen (secondary N) is 1. The van der Waals surface area contributed by atoms with Crippen LogP contribution in [0.25, 0.3) is 0 Å². The molecule has 1 aromatic rings. The van der Waals surface area contributed by atoms with Gasteiger partial charge in [-0.1, -0.05) is 0 Å². The van der Waals surface area contributed by atoms with Crippen LogP contribution in [0.15, 0.2) is 5.38 Å². The number of likely N-dealkylation sites (tertiary alicyclic amines) is 1. The first kappa shape index (κ1) is 13.1. The van der Waals surface area contributed by atoms with Crippen molar-refractivity contribution in [1.29, 1.82) is 0 Å². The highest BCUT2D eigenvalue weighted by molar-refractivity contribution is 7.11. The van der Waals surface area contributed by atoms with E-state index < -0.39 is 23.8 Å². The Labute approximate surface area is 111 Å². The minimum Gasteiger partial charge on any atom is -0.476 e. The Hall–Kier alpha value is -2.29. The van der Waals surface area contributed by atoms with Crippen LogP contribution in [0.5, 0.6) is 0 Å². The summed E-state index contributed by atoms with van der Waals surface area (Å²) in [6.45, 7) is 0. The minimum absolute atomic E-state index is 0.0628. The molecule has 0 aliphatic carbocycles. The molecule has 3 amide bonds. The molecule has 1 saturated heterocycles. The van der Waals surface area contributed by atoms with Gasteiger partial charge in [-0.25, -0.2) is 9.78 Å². The van der Waals surface area contributed by atoms with Crippen molar-refractivity contribution in [3.63, 3.8) is 0 Å². The topological polar surface area (TPSA) is 117 Å². The summed E-state index contributed by atoms with van der Waals surface area (Å²) >= 11 is 0.858. The summed E-state index contributed by atoms with van der Waals surface area (Å²) < 4.78 is 0. The van der Waals surface area contributed by atoms with E-state index in [0.29, 0.717) is 0 Å². The molecule has 1 aliphatic rings. The number of carbonyl (C=O) groups excluding carboxylic acids is 3. The summed E-state index contributed by atoms with van der Waals surface area (Å²) in [6, 6.07) is -0.915. The van der Waals surface area contributed by atoms with Crippen LogP contribution in [-0.2, 0) is 9.59 Å². The molecule has 1 aliphatic heterocycles. The van der Waals surface area contributed by atoms with Crippen molar-refractivity contribution in [1.82, 2.24) is 15.2 Å². The van der Waals surface area contributed by atoms with Gasteiger partial charge in [0.2, 0.25) is 5.91 Å². The molecule has 8 nitrogen and oxygen atoms in total. The van der Waals surface area contributed by atoms with Crippen molar-refractivity contribution in [3.05, 3.63) is 16.1 Å². The van der Waals surface area contributed by atoms with E-state index in [4.69, 9.17) is 5.11 Å². The Balaban J connectivity index is 2.07. The number of hydrogen-bond donors (Lipinski definition) is 2. The molecule has 1 atom stereocenters. The van der Waals surface area contributed by atoms with Crippen LogP contribution >= 0.6 is 11.3 Å². The molecule has 0 bridgehead atoms. The highest BCUT2D eigenvalue weighted by atomic mass is 32.1. The highest BCUT2D eigenvalue weighted by Crippen LogP contribution is 2.13. The molecular weight excluding hydrogens is 274 g/mol. The number of imide groups is 1. The van der Waals surface area contributed by atoms with Gasteiger partial charge in [-0.15, -0.1) is 11.3 Å². The summed E-state index contributed by atoms with van der Waals surface area (Å²) in [5.74, 6) is -2.77. The lowest BCUT2D eigenvalue weighted by Gasteiger charge is -2.09. The maximum Gasteiger partial charge on any atom is 0.355 e. The number of carboxylic acid groups (broad SMARTS) is 1. The second kappa shape index (κ2) is 4.76. The van der Waals surface area contributed by atoms with E-state index in [1.807, 2.05) is 0 Å². The SMILES string of the molecule is CN1C(=O)CC(NC(=O)c2nc(C(=O)O)cs2)C1=O. The average Bonchev–Trinajstić information content (AvgIpc) is 2.92. The zero-order valence-corrected chi connectivity index (χ0v) is 10.6. The number of aromatic carboxylic acids is 1. The number of thiazole rings is 1. The van der Waals surface area contributed by atoms with Crippen molar-refractivity contribution in [2.24, 2.45) is 0 Å². The Bertz CT molecular complexity index is 581. The first-order chi connectivity index (χ1) is 8.90. The lowest BCUT2D eigenvalue weighted by atomic mass is 10.2. The molecule has 19 heavy (non-hydrogen) atoms. The van der Waals surface area contributed by atoms with Crippen molar-refractivity contribution in [2.75, 3.05) is 7.05 Å². The summed E-state index contributed by atoms with van der Waals surface area (Å²) in [4.78, 5) is 49.8. The van der Waals surface area contributed by atoms with Gasteiger partial charge >= 0.3 is 5.97 Å². The van der Waals surface area contributed by atoms with E-state index in [-0.39, 0.29) is 23.0 Å². The predicted molar refractivity (Wildman–Crippen MR) is 62.7 cm³/mol. The van der Waals surface area contributed by atoms with E-state index in [1.54, 1.807) is 0 Å². The standard InChI is InChI=1S/C10H9N3O5S/c1-13-6(14)2-4(9(13)16)11-7(15)8-12-5(3-19-8)10(17)18/h3-4H,2H2,1H3,(H,11,15)(H,17,18). The van der Waals surface area contributed by atoms with Crippen molar-refractivity contribution in [2.45, 2.75) is 12.5 Å². The summed E-state index contributed by atoms with van der Waals surface area (Å²) in [7, 11) is 1.34. The quantitative estimate of drug-likeness (QED) is 0.710. The lowest BCUT2D eigenvalue weighted by Crippen LogP contribution is -2.40. The molecule has 1 fully saturated rings. The highest BCUT2D eigenvalue weighted by Gasteiger charge is 2.37. The van der Waals surface area contributed by atoms with Crippen molar-refractivity contribution in [3.8, 4) is 0 Å². The van der Waals surface area contributed by atoms with Gasteiger partial charge in [-0.05, 0) is 0 Å². The molecule has 2 N–H and O–H groups in total. The third-order valence-corrected chi connectivity index (χ3v) is 3.45. The number of likely N-dealkylation sites (N-methyl/N-ethyl adjacent to an activating group) is 1. The zero-order valence-electron chi connectivity index (χ0n) is 9.74. The van der Waals surface area contributed by atoms with Gasteiger partial charge in [-0.2, -0.15) is 0 Å². The molecule has 0 saturated carbocycles. The molecular formula is C10H9N3O5S. The second-order valence-corrected chi connectivity index (χ2v) is 4.72. The molecule has 0 radical (unpaired) electrons. The Morgan fingerprint density at radius 1 is 1.53 bits per heavy atom. The lowest BCUT2D eigenvalue weighted by molar-refractivity contribution is -0.137. The Kier molecular flexibility index (Phi) is 3.30. The number of hydrogen-bond acceptors (Lipinski definition) is 6. The molecule has 1 unspecified atom stereocenters. The van der Waals surface area contributed by atoms with E-state index in [1.165, 1.54) is 12.4 Å². The van der Waals surface area contributed by atoms with E-state index in [9.17, 15) is 19.2 Å². The van der Waals surface area contributed by atoms with Crippen molar-refractivity contribution >= 4 is 35.0 Å². The molecule has 2 rings (SSSR count). The van der Waals surface area contributed by atoms with Gasteiger partial charge in [0.1, 0.15) is 6.04 Å². The van der Waals surface area contributed by atoms with Crippen LogP contribution in [0.2, 0.25) is 0 Å². The third-order valence-electron chi connectivity index (χ3n) is 2.60. The molecule has 1 aromatic heterocycles. The fourth-order valence-electron chi connectivity index (χ4n) is 1.56. The molecule has 9 heteroatoms. The average molecular weight is 283 g/mol. The molecule has 0 spiro atoms. The van der Waals surface area contributed by atoms with Crippen LogP contribution in [0, 0.1) is 0 Å². The van der Waals surface area contributed by atoms with Gasteiger partial charge in [0.25, 0.3) is 11.8 Å². The first-order valence-electron chi connectivity index (χ1n) is 5.20. The normalized spacial score (nSPS) is 18.8. The zero-order chi connectivity index (χ0) is 14.2. The second-order valence-electron chi connectivity index (χ2n) is 3.86. The van der Waals surface area contributed by atoms with Gasteiger partial charge < -0.3 is 10.4 Å². The molecule has 2 heterocycles. The Morgan fingerprint density at radius 3 is 2.68 bits per heavy atom. The molecule has 0 aromatic carbocycles. The fourth-order valence-corrected chi connectivity index (χ4v) is 2.26. The van der Waals surface area contributed by atoms with Gasteiger partial charge in [0.05, 0.1) is 6.42 Å². The van der Waals surface area contributed by atoms with Crippen LogP contribution in [0.3, 0.4) is 0 Å². The van der Waals surface area contributed by atoms with E-state index in [2.05, 4.69) is 10.3 Å².